The molecule has 1 aromatic heterocycles. The van der Waals surface area contributed by atoms with Gasteiger partial charge in [-0.2, -0.15) is 0 Å². The van der Waals surface area contributed by atoms with Crippen LogP contribution in [0, 0.1) is 0 Å². The first-order chi connectivity index (χ1) is 9.97. The number of hydrogen-bond donors (Lipinski definition) is 1. The molecule has 0 aliphatic heterocycles. The van der Waals surface area contributed by atoms with Gasteiger partial charge in [0.25, 0.3) is 0 Å². The van der Waals surface area contributed by atoms with Crippen LogP contribution in [0.1, 0.15) is 18.9 Å². The highest BCUT2D eigenvalue weighted by Gasteiger charge is 2.11. The topological polar surface area (TPSA) is 46.2 Å². The summed E-state index contributed by atoms with van der Waals surface area (Å²) in [6, 6.07) is 5.73. The number of carbonyl (C=O) groups is 1. The zero-order valence-electron chi connectivity index (χ0n) is 12.0. The van der Waals surface area contributed by atoms with Gasteiger partial charge in [-0.3, -0.25) is 9.00 Å². The number of rotatable bonds is 6. The standard InChI is InChI=1S/C15H18ClNO2S2/c1-10(21(2)19)5-6-17-15(18)7-11-9-20-14-4-3-12(16)8-13(11)14/h3-4,8-10H,5-7H2,1-2H3,(H,17,18). The van der Waals surface area contributed by atoms with Gasteiger partial charge in [0.15, 0.2) is 0 Å². The van der Waals surface area contributed by atoms with Crippen LogP contribution < -0.4 is 5.32 Å². The van der Waals surface area contributed by atoms with Crippen LogP contribution in [0.5, 0.6) is 0 Å². The SMILES string of the molecule is CC(CCNC(=O)Cc1csc2ccc(Cl)cc12)S(C)=O. The van der Waals surface area contributed by atoms with Crippen molar-refractivity contribution >= 4 is 49.7 Å². The molecule has 1 N–H and O–H groups in total. The monoisotopic (exact) mass is 343 g/mol. The quantitative estimate of drug-likeness (QED) is 0.874. The molecule has 2 atom stereocenters. The highest BCUT2D eigenvalue weighted by atomic mass is 35.5. The zero-order valence-corrected chi connectivity index (χ0v) is 14.4. The molecule has 0 fully saturated rings. The number of carbonyl (C=O) groups excluding carboxylic acids is 1. The second kappa shape index (κ2) is 7.38. The average Bonchev–Trinajstić information content (AvgIpc) is 2.81. The van der Waals surface area contributed by atoms with Crippen LogP contribution in [-0.4, -0.2) is 28.2 Å². The number of nitrogens with one attached hydrogen (secondary N) is 1. The summed E-state index contributed by atoms with van der Waals surface area (Å²) < 4.78 is 12.4. The summed E-state index contributed by atoms with van der Waals surface area (Å²) >= 11 is 7.63. The molecular formula is C15H18ClNO2S2. The lowest BCUT2D eigenvalue weighted by Gasteiger charge is -2.09. The Bertz CT molecular complexity index is 669. The second-order valence-corrected chi connectivity index (χ2v) is 8.18. The van der Waals surface area contributed by atoms with E-state index in [9.17, 15) is 9.00 Å². The number of fused-ring (bicyclic) bond motifs is 1. The van der Waals surface area contributed by atoms with Crippen molar-refractivity contribution < 1.29 is 9.00 Å². The lowest BCUT2D eigenvalue weighted by molar-refractivity contribution is -0.120. The van der Waals surface area contributed by atoms with Crippen molar-refractivity contribution in [2.24, 2.45) is 0 Å². The predicted molar refractivity (Wildman–Crippen MR) is 91.7 cm³/mol. The normalized spacial score (nSPS) is 14.0. The minimum Gasteiger partial charge on any atom is -0.356 e. The number of halogens is 1. The maximum atomic E-state index is 12.0. The van der Waals surface area contributed by atoms with Crippen molar-refractivity contribution in [3.05, 3.63) is 34.2 Å². The van der Waals surface area contributed by atoms with E-state index in [1.807, 2.05) is 30.5 Å². The van der Waals surface area contributed by atoms with Crippen molar-refractivity contribution in [1.82, 2.24) is 5.32 Å². The van der Waals surface area contributed by atoms with Gasteiger partial charge in [0, 0.05) is 38.6 Å². The summed E-state index contributed by atoms with van der Waals surface area (Å²) in [6.45, 7) is 2.49. The maximum Gasteiger partial charge on any atom is 0.224 e. The van der Waals surface area contributed by atoms with Gasteiger partial charge >= 0.3 is 0 Å². The molecule has 0 saturated heterocycles. The molecule has 0 aliphatic carbocycles. The molecule has 2 unspecified atom stereocenters. The lowest BCUT2D eigenvalue weighted by Crippen LogP contribution is -2.28. The first-order valence-corrected chi connectivity index (χ1v) is 9.60. The second-order valence-electron chi connectivity index (χ2n) is 5.03. The lowest BCUT2D eigenvalue weighted by atomic mass is 10.1. The average molecular weight is 344 g/mol. The zero-order chi connectivity index (χ0) is 15.4. The van der Waals surface area contributed by atoms with Crippen molar-refractivity contribution in [2.45, 2.75) is 25.0 Å². The summed E-state index contributed by atoms with van der Waals surface area (Å²) in [4.78, 5) is 12.0. The molecule has 114 valence electrons. The Labute approximate surface area is 136 Å². The van der Waals surface area contributed by atoms with Crippen LogP contribution in [0.3, 0.4) is 0 Å². The van der Waals surface area contributed by atoms with Gasteiger partial charge in [-0.05, 0) is 40.9 Å². The third-order valence-electron chi connectivity index (χ3n) is 3.41. The summed E-state index contributed by atoms with van der Waals surface area (Å²) in [7, 11) is -0.842. The molecule has 2 aromatic rings. The minimum absolute atomic E-state index is 0.0104. The Hall–Kier alpha value is -0.910. The molecule has 0 saturated carbocycles. The Kier molecular flexibility index (Phi) is 5.79. The van der Waals surface area contributed by atoms with E-state index in [1.54, 1.807) is 17.6 Å². The molecule has 3 nitrogen and oxygen atoms in total. The molecule has 1 amide bonds. The van der Waals surface area contributed by atoms with Crippen LogP contribution in [0.4, 0.5) is 0 Å². The minimum atomic E-state index is -0.842. The maximum absolute atomic E-state index is 12.0. The number of amides is 1. The fraction of sp³-hybridized carbons (Fsp3) is 0.400. The van der Waals surface area contributed by atoms with Crippen LogP contribution in [0.25, 0.3) is 10.1 Å². The van der Waals surface area contributed by atoms with E-state index in [4.69, 9.17) is 11.6 Å². The van der Waals surface area contributed by atoms with Gasteiger partial charge in [-0.25, -0.2) is 0 Å². The van der Waals surface area contributed by atoms with E-state index in [2.05, 4.69) is 5.32 Å². The third-order valence-corrected chi connectivity index (χ3v) is 6.02. The van der Waals surface area contributed by atoms with Crippen LogP contribution >= 0.6 is 22.9 Å². The summed E-state index contributed by atoms with van der Waals surface area (Å²) in [5.41, 5.74) is 1.00. The molecule has 1 aromatic carbocycles. The molecule has 21 heavy (non-hydrogen) atoms. The Morgan fingerprint density at radius 2 is 2.24 bits per heavy atom. The van der Waals surface area contributed by atoms with Crippen molar-refractivity contribution in [2.75, 3.05) is 12.8 Å². The predicted octanol–water partition coefficient (Wildman–Crippen LogP) is 3.37. The smallest absolute Gasteiger partial charge is 0.224 e. The highest BCUT2D eigenvalue weighted by molar-refractivity contribution is 7.84. The van der Waals surface area contributed by atoms with Crippen molar-refractivity contribution in [3.63, 3.8) is 0 Å². The number of benzene rings is 1. The van der Waals surface area contributed by atoms with E-state index >= 15 is 0 Å². The van der Waals surface area contributed by atoms with Gasteiger partial charge in [0.2, 0.25) is 5.91 Å². The highest BCUT2D eigenvalue weighted by Crippen LogP contribution is 2.28. The molecule has 0 bridgehead atoms. The van der Waals surface area contributed by atoms with E-state index < -0.39 is 10.8 Å². The molecule has 0 radical (unpaired) electrons. The van der Waals surface area contributed by atoms with E-state index in [0.29, 0.717) is 18.0 Å². The number of thiophene rings is 1. The van der Waals surface area contributed by atoms with Crippen LogP contribution in [-0.2, 0) is 22.0 Å². The Morgan fingerprint density at radius 3 is 2.95 bits per heavy atom. The fourth-order valence-electron chi connectivity index (χ4n) is 2.01. The summed E-state index contributed by atoms with van der Waals surface area (Å²) in [6.07, 6.45) is 2.77. The molecule has 0 aliphatic rings. The van der Waals surface area contributed by atoms with Crippen molar-refractivity contribution in [3.8, 4) is 0 Å². The Morgan fingerprint density at radius 1 is 1.48 bits per heavy atom. The molecular weight excluding hydrogens is 326 g/mol. The fourth-order valence-corrected chi connectivity index (χ4v) is 3.57. The van der Waals surface area contributed by atoms with Crippen LogP contribution in [0.2, 0.25) is 5.02 Å². The number of hydrogen-bond acceptors (Lipinski definition) is 3. The molecule has 2 rings (SSSR count). The first-order valence-electron chi connectivity index (χ1n) is 6.72. The van der Waals surface area contributed by atoms with Gasteiger partial charge in [0.05, 0.1) is 6.42 Å². The largest absolute Gasteiger partial charge is 0.356 e. The first kappa shape index (κ1) is 16.5. The molecule has 0 spiro atoms. The van der Waals surface area contributed by atoms with Crippen molar-refractivity contribution in [1.29, 1.82) is 0 Å². The van der Waals surface area contributed by atoms with E-state index in [-0.39, 0.29) is 11.2 Å². The van der Waals surface area contributed by atoms with Gasteiger partial charge < -0.3 is 5.32 Å². The van der Waals surface area contributed by atoms with Gasteiger partial charge in [-0.15, -0.1) is 11.3 Å². The molecule has 6 heteroatoms. The van der Waals surface area contributed by atoms with E-state index in [0.717, 1.165) is 22.1 Å². The summed E-state index contributed by atoms with van der Waals surface area (Å²) in [5.74, 6) is -0.0104. The van der Waals surface area contributed by atoms with Crippen LogP contribution in [0.15, 0.2) is 23.6 Å². The Balaban J connectivity index is 1.92. The van der Waals surface area contributed by atoms with E-state index in [1.165, 1.54) is 0 Å². The summed E-state index contributed by atoms with van der Waals surface area (Å²) in [5, 5.41) is 6.72. The van der Waals surface area contributed by atoms with Gasteiger partial charge in [0.1, 0.15) is 0 Å². The third kappa shape index (κ3) is 4.53. The molecule has 1 heterocycles. The van der Waals surface area contributed by atoms with Gasteiger partial charge in [-0.1, -0.05) is 18.5 Å².